The fourth-order valence-corrected chi connectivity index (χ4v) is 2.74. The number of rotatable bonds is 1. The minimum atomic E-state index is 0.439. The summed E-state index contributed by atoms with van der Waals surface area (Å²) >= 11 is 5.92. The van der Waals surface area contributed by atoms with Crippen LogP contribution in [0.15, 0.2) is 6.20 Å². The maximum atomic E-state index is 5.92. The average molecular weight is 251 g/mol. The summed E-state index contributed by atoms with van der Waals surface area (Å²) in [6, 6.07) is 0.465. The van der Waals surface area contributed by atoms with Crippen molar-refractivity contribution in [2.45, 2.75) is 45.1 Å². The van der Waals surface area contributed by atoms with Crippen molar-refractivity contribution in [3.8, 4) is 0 Å². The van der Waals surface area contributed by atoms with Gasteiger partial charge in [-0.3, -0.25) is 0 Å². The molecule has 0 atom stereocenters. The van der Waals surface area contributed by atoms with E-state index in [0.717, 1.165) is 16.9 Å². The maximum Gasteiger partial charge on any atom is 0.178 e. The van der Waals surface area contributed by atoms with E-state index in [1.54, 1.807) is 6.20 Å². The summed E-state index contributed by atoms with van der Waals surface area (Å²) in [7, 11) is 0. The van der Waals surface area contributed by atoms with Crippen LogP contribution in [0.4, 0.5) is 0 Å². The highest BCUT2D eigenvalue weighted by Gasteiger charge is 2.20. The molecule has 4 nitrogen and oxygen atoms in total. The lowest BCUT2D eigenvalue weighted by atomic mass is 9.96. The van der Waals surface area contributed by atoms with E-state index in [4.69, 9.17) is 11.6 Å². The Morgan fingerprint density at radius 2 is 2.06 bits per heavy atom. The molecular weight excluding hydrogens is 236 g/mol. The lowest BCUT2D eigenvalue weighted by Crippen LogP contribution is -2.14. The van der Waals surface area contributed by atoms with E-state index in [1.165, 1.54) is 32.1 Å². The van der Waals surface area contributed by atoms with Crippen LogP contribution in [0.25, 0.3) is 11.2 Å². The van der Waals surface area contributed by atoms with Gasteiger partial charge in [0.15, 0.2) is 5.65 Å². The molecule has 1 aliphatic carbocycles. The molecule has 17 heavy (non-hydrogen) atoms. The Morgan fingerprint density at radius 1 is 1.29 bits per heavy atom. The van der Waals surface area contributed by atoms with E-state index in [-0.39, 0.29) is 0 Å². The van der Waals surface area contributed by atoms with Gasteiger partial charge in [0.25, 0.3) is 0 Å². The van der Waals surface area contributed by atoms with Crippen molar-refractivity contribution in [3.63, 3.8) is 0 Å². The van der Waals surface area contributed by atoms with Crippen LogP contribution in [-0.2, 0) is 0 Å². The van der Waals surface area contributed by atoms with Crippen molar-refractivity contribution in [3.05, 3.63) is 17.0 Å². The van der Waals surface area contributed by atoms with Gasteiger partial charge in [0.2, 0.25) is 0 Å². The first-order chi connectivity index (χ1) is 8.25. The Hall–Kier alpha value is -1.16. The van der Waals surface area contributed by atoms with Crippen LogP contribution in [0, 0.1) is 6.92 Å². The number of hydrogen-bond donors (Lipinski definition) is 0. The molecule has 90 valence electrons. The molecule has 0 aromatic carbocycles. The summed E-state index contributed by atoms with van der Waals surface area (Å²) < 4.78 is 2.03. The van der Waals surface area contributed by atoms with E-state index in [1.807, 2.05) is 11.6 Å². The first kappa shape index (κ1) is 11.0. The van der Waals surface area contributed by atoms with Crippen molar-refractivity contribution < 1.29 is 0 Å². The Bertz CT molecular complexity index is 543. The number of fused-ring (bicyclic) bond motifs is 1. The zero-order valence-corrected chi connectivity index (χ0v) is 10.6. The molecule has 0 aliphatic heterocycles. The molecule has 5 heteroatoms. The van der Waals surface area contributed by atoms with E-state index >= 15 is 0 Å². The second kappa shape index (κ2) is 4.26. The zero-order valence-electron chi connectivity index (χ0n) is 9.86. The Morgan fingerprint density at radius 3 is 2.82 bits per heavy atom. The first-order valence-electron chi connectivity index (χ1n) is 6.13. The minimum absolute atomic E-state index is 0.439. The summed E-state index contributed by atoms with van der Waals surface area (Å²) in [6.45, 7) is 1.98. The fraction of sp³-hybridized carbons (Fsp3) is 0.583. The molecule has 1 fully saturated rings. The maximum absolute atomic E-state index is 5.92. The molecule has 2 aromatic heterocycles. The van der Waals surface area contributed by atoms with Gasteiger partial charge in [-0.15, -0.1) is 0 Å². The third kappa shape index (κ3) is 1.90. The van der Waals surface area contributed by atoms with Gasteiger partial charge in [-0.05, 0) is 19.8 Å². The Labute approximate surface area is 105 Å². The SMILES string of the molecule is Cc1nn(C2CCCCC2)c2nc(Cl)cnc12. The van der Waals surface area contributed by atoms with Crippen LogP contribution in [0.1, 0.15) is 43.8 Å². The topological polar surface area (TPSA) is 43.6 Å². The zero-order chi connectivity index (χ0) is 11.8. The van der Waals surface area contributed by atoms with Crippen LogP contribution in [0.5, 0.6) is 0 Å². The van der Waals surface area contributed by atoms with Gasteiger partial charge >= 0.3 is 0 Å². The molecule has 0 saturated heterocycles. The Balaban J connectivity index is 2.11. The normalized spacial score (nSPS) is 17.8. The van der Waals surface area contributed by atoms with Crippen LogP contribution in [0.3, 0.4) is 0 Å². The molecule has 0 N–H and O–H groups in total. The summed E-state index contributed by atoms with van der Waals surface area (Å²) in [5.74, 6) is 0. The molecule has 1 saturated carbocycles. The summed E-state index contributed by atoms with van der Waals surface area (Å²) in [4.78, 5) is 8.69. The standard InChI is InChI=1S/C12H15ClN4/c1-8-11-12(15-10(13)7-14-11)17(16-8)9-5-3-2-4-6-9/h7,9H,2-6H2,1H3. The molecule has 2 aromatic rings. The largest absolute Gasteiger partial charge is 0.248 e. The van der Waals surface area contributed by atoms with E-state index in [9.17, 15) is 0 Å². The number of aryl methyl sites for hydroxylation is 1. The molecule has 0 amide bonds. The van der Waals surface area contributed by atoms with E-state index in [0.29, 0.717) is 11.2 Å². The predicted molar refractivity (Wildman–Crippen MR) is 67.2 cm³/mol. The molecule has 1 aliphatic rings. The van der Waals surface area contributed by atoms with Gasteiger partial charge in [0, 0.05) is 0 Å². The highest BCUT2D eigenvalue weighted by Crippen LogP contribution is 2.30. The summed E-state index contributed by atoms with van der Waals surface area (Å²) in [6.07, 6.45) is 7.85. The highest BCUT2D eigenvalue weighted by molar-refractivity contribution is 6.29. The van der Waals surface area contributed by atoms with Gasteiger partial charge in [-0.1, -0.05) is 30.9 Å². The molecule has 0 spiro atoms. The molecule has 3 rings (SSSR count). The smallest absolute Gasteiger partial charge is 0.178 e. The summed E-state index contributed by atoms with van der Waals surface area (Å²) in [5, 5.41) is 5.03. The number of aromatic nitrogens is 4. The van der Waals surface area contributed by atoms with E-state index < -0.39 is 0 Å². The molecule has 0 bridgehead atoms. The Kier molecular flexibility index (Phi) is 2.74. The van der Waals surface area contributed by atoms with Crippen LogP contribution < -0.4 is 0 Å². The molecule has 0 unspecified atom stereocenters. The van der Waals surface area contributed by atoms with Gasteiger partial charge in [0.05, 0.1) is 17.9 Å². The van der Waals surface area contributed by atoms with Crippen molar-refractivity contribution >= 4 is 22.8 Å². The molecular formula is C12H15ClN4. The number of nitrogens with zero attached hydrogens (tertiary/aromatic N) is 4. The van der Waals surface area contributed by atoms with Crippen molar-refractivity contribution in [1.82, 2.24) is 19.7 Å². The summed E-state index contributed by atoms with van der Waals surface area (Å²) in [5.41, 5.74) is 2.65. The first-order valence-corrected chi connectivity index (χ1v) is 6.51. The lowest BCUT2D eigenvalue weighted by Gasteiger charge is -2.22. The monoisotopic (exact) mass is 250 g/mol. The van der Waals surface area contributed by atoms with Crippen molar-refractivity contribution in [2.24, 2.45) is 0 Å². The van der Waals surface area contributed by atoms with Crippen LogP contribution >= 0.6 is 11.6 Å². The predicted octanol–water partition coefficient (Wildman–Crippen LogP) is 3.29. The third-order valence-electron chi connectivity index (χ3n) is 3.46. The second-order valence-electron chi connectivity index (χ2n) is 4.69. The van der Waals surface area contributed by atoms with E-state index in [2.05, 4.69) is 15.1 Å². The average Bonchev–Trinajstić information content (AvgIpc) is 2.67. The van der Waals surface area contributed by atoms with Crippen LogP contribution in [0.2, 0.25) is 5.15 Å². The lowest BCUT2D eigenvalue weighted by molar-refractivity contribution is 0.335. The quantitative estimate of drug-likeness (QED) is 0.780. The fourth-order valence-electron chi connectivity index (χ4n) is 2.61. The third-order valence-corrected chi connectivity index (χ3v) is 3.64. The van der Waals surface area contributed by atoms with Crippen molar-refractivity contribution in [1.29, 1.82) is 0 Å². The number of halogens is 1. The van der Waals surface area contributed by atoms with Crippen LogP contribution in [-0.4, -0.2) is 19.7 Å². The van der Waals surface area contributed by atoms with Crippen molar-refractivity contribution in [2.75, 3.05) is 0 Å². The van der Waals surface area contributed by atoms with Gasteiger partial charge < -0.3 is 0 Å². The highest BCUT2D eigenvalue weighted by atomic mass is 35.5. The van der Waals surface area contributed by atoms with Gasteiger partial charge in [-0.2, -0.15) is 5.10 Å². The van der Waals surface area contributed by atoms with Gasteiger partial charge in [0.1, 0.15) is 10.7 Å². The molecule has 0 radical (unpaired) electrons. The molecule has 2 heterocycles. The number of hydrogen-bond acceptors (Lipinski definition) is 3. The van der Waals surface area contributed by atoms with Gasteiger partial charge in [-0.25, -0.2) is 14.6 Å². The second-order valence-corrected chi connectivity index (χ2v) is 5.07. The minimum Gasteiger partial charge on any atom is -0.248 e.